The van der Waals surface area contributed by atoms with E-state index in [2.05, 4.69) is 30.9 Å². The number of unbranched alkanes of at least 4 members (excludes halogenated alkanes) is 3. The Labute approximate surface area is 170 Å². The lowest BCUT2D eigenvalue weighted by Crippen LogP contribution is -2.68. The summed E-state index contributed by atoms with van der Waals surface area (Å²) in [6.07, 6.45) is 10.4. The lowest BCUT2D eigenvalue weighted by Gasteiger charge is -2.26. The molecule has 158 valence electrons. The molecule has 2 N–H and O–H groups in total. The Hall–Kier alpha value is -1.75. The monoisotopic (exact) mass is 391 g/mol. The van der Waals surface area contributed by atoms with E-state index in [0.717, 1.165) is 43.7 Å². The van der Waals surface area contributed by atoms with Crippen LogP contribution in [-0.4, -0.2) is 49.4 Å². The van der Waals surface area contributed by atoms with Gasteiger partial charge in [0.1, 0.15) is 6.10 Å². The summed E-state index contributed by atoms with van der Waals surface area (Å²) < 4.78 is 11.9. The number of nitrogens with zero attached hydrogens (tertiary/aromatic N) is 1. The van der Waals surface area contributed by atoms with Crippen LogP contribution in [-0.2, 0) is 4.74 Å². The predicted molar refractivity (Wildman–Crippen MR) is 114 cm³/mol. The van der Waals surface area contributed by atoms with Crippen molar-refractivity contribution in [2.24, 2.45) is 5.92 Å². The first-order valence-corrected chi connectivity index (χ1v) is 11.0. The van der Waals surface area contributed by atoms with Gasteiger partial charge in [-0.05, 0) is 45.8 Å². The maximum atomic E-state index is 10.5. The zero-order valence-corrected chi connectivity index (χ0v) is 18.0. The van der Waals surface area contributed by atoms with Gasteiger partial charge in [0.2, 0.25) is 0 Å². The first-order chi connectivity index (χ1) is 13.6. The van der Waals surface area contributed by atoms with Gasteiger partial charge >= 0.3 is 6.08 Å². The van der Waals surface area contributed by atoms with E-state index in [0.29, 0.717) is 12.5 Å². The van der Waals surface area contributed by atoms with Crippen molar-refractivity contribution < 1.29 is 19.6 Å². The average molecular weight is 392 g/mol. The summed E-state index contributed by atoms with van der Waals surface area (Å²) in [6, 6.07) is 7.71. The second-order valence-corrected chi connectivity index (χ2v) is 8.15. The van der Waals surface area contributed by atoms with Crippen molar-refractivity contribution in [2.75, 3.05) is 27.2 Å². The van der Waals surface area contributed by atoms with Crippen molar-refractivity contribution in [3.63, 3.8) is 0 Å². The van der Waals surface area contributed by atoms with Crippen molar-refractivity contribution in [1.82, 2.24) is 4.90 Å². The molecular formula is C23H39N2O3+. The minimum atomic E-state index is -0.127. The molecule has 5 nitrogen and oxygen atoms in total. The number of nitrogens with one attached hydrogen (secondary N) is 1. The van der Waals surface area contributed by atoms with Gasteiger partial charge < -0.3 is 19.5 Å². The van der Waals surface area contributed by atoms with Crippen LogP contribution in [0, 0.1) is 5.92 Å². The van der Waals surface area contributed by atoms with Crippen LogP contribution in [0.15, 0.2) is 24.3 Å². The van der Waals surface area contributed by atoms with E-state index in [9.17, 15) is 5.11 Å². The highest BCUT2D eigenvalue weighted by Gasteiger charge is 2.28. The molecule has 0 aliphatic heterocycles. The molecule has 0 radical (unpaired) electrons. The topological polar surface area (TPSA) is 55.9 Å². The number of aliphatic hydroxyl groups excluding tert-OH is 1. The fourth-order valence-electron chi connectivity index (χ4n) is 3.88. The highest BCUT2D eigenvalue weighted by Crippen LogP contribution is 2.26. The van der Waals surface area contributed by atoms with Crippen molar-refractivity contribution in [3.8, 4) is 5.75 Å². The van der Waals surface area contributed by atoms with Crippen molar-refractivity contribution >= 4 is 11.8 Å². The van der Waals surface area contributed by atoms with Gasteiger partial charge in [0, 0.05) is 18.5 Å². The average Bonchev–Trinajstić information content (AvgIpc) is 2.87. The van der Waals surface area contributed by atoms with Crippen LogP contribution >= 0.6 is 0 Å². The minimum Gasteiger partial charge on any atom is -0.487 e. The summed E-state index contributed by atoms with van der Waals surface area (Å²) in [5, 5.41) is 10.5. The van der Waals surface area contributed by atoms with E-state index in [1.54, 1.807) is 0 Å². The van der Waals surface area contributed by atoms with E-state index in [1.165, 1.54) is 32.1 Å². The van der Waals surface area contributed by atoms with E-state index in [4.69, 9.17) is 9.47 Å². The smallest absolute Gasteiger partial charge is 0.487 e. The van der Waals surface area contributed by atoms with Gasteiger partial charge in [-0.25, -0.2) is 0 Å². The number of ether oxygens (including phenoxy) is 2. The highest BCUT2D eigenvalue weighted by atomic mass is 16.6. The molecule has 0 spiro atoms. The van der Waals surface area contributed by atoms with Crippen molar-refractivity contribution in [2.45, 2.75) is 70.8 Å². The third kappa shape index (κ3) is 8.09. The molecule has 28 heavy (non-hydrogen) atoms. The van der Waals surface area contributed by atoms with Gasteiger partial charge in [0.15, 0.2) is 5.75 Å². The Morgan fingerprint density at radius 1 is 1.11 bits per heavy atom. The molecule has 5 heteroatoms. The van der Waals surface area contributed by atoms with Crippen LogP contribution in [0.2, 0.25) is 0 Å². The second kappa shape index (κ2) is 12.7. The van der Waals surface area contributed by atoms with Crippen LogP contribution < -0.4 is 9.73 Å². The first kappa shape index (κ1) is 22.5. The normalized spacial score (nSPS) is 20.8. The molecule has 1 aliphatic rings. The molecule has 2 atom stereocenters. The van der Waals surface area contributed by atoms with E-state index in [-0.39, 0.29) is 12.2 Å². The van der Waals surface area contributed by atoms with Gasteiger partial charge in [-0.15, -0.1) is 4.99 Å². The second-order valence-electron chi connectivity index (χ2n) is 8.15. The van der Waals surface area contributed by atoms with Crippen LogP contribution in [0.4, 0.5) is 5.69 Å². The van der Waals surface area contributed by atoms with Crippen LogP contribution in [0.5, 0.6) is 5.75 Å². The molecule has 1 saturated carbocycles. The Morgan fingerprint density at radius 3 is 2.68 bits per heavy atom. The van der Waals surface area contributed by atoms with Crippen molar-refractivity contribution in [3.05, 3.63) is 24.3 Å². The van der Waals surface area contributed by atoms with E-state index in [1.807, 2.05) is 24.3 Å². The molecule has 0 bridgehead atoms. The molecular weight excluding hydrogens is 352 g/mol. The summed E-state index contributed by atoms with van der Waals surface area (Å²) in [5.74, 6) is 1.19. The molecule has 0 heterocycles. The van der Waals surface area contributed by atoms with Crippen LogP contribution in [0.1, 0.15) is 64.7 Å². The molecule has 2 rings (SSSR count). The zero-order chi connectivity index (χ0) is 20.2. The highest BCUT2D eigenvalue weighted by molar-refractivity contribution is 5.60. The van der Waals surface area contributed by atoms with Gasteiger partial charge in [0.25, 0.3) is 5.69 Å². The summed E-state index contributed by atoms with van der Waals surface area (Å²) in [5.41, 5.74) is 0.744. The van der Waals surface area contributed by atoms with Crippen LogP contribution in [0.25, 0.3) is 0 Å². The summed E-state index contributed by atoms with van der Waals surface area (Å²) in [4.78, 5) is 5.22. The first-order valence-electron chi connectivity index (χ1n) is 11.0. The Bertz CT molecular complexity index is 589. The van der Waals surface area contributed by atoms with Gasteiger partial charge in [-0.3, -0.25) is 0 Å². The lowest BCUT2D eigenvalue weighted by molar-refractivity contribution is -0.385. The maximum absolute atomic E-state index is 10.5. The summed E-state index contributed by atoms with van der Waals surface area (Å²) in [7, 11) is 4.19. The largest absolute Gasteiger partial charge is 0.551 e. The standard InChI is InChI=1S/C23H38N2O3/c1-4-5-6-12-17-27-22-16-11-10-14-20(22)24-23(26)28-21-15-9-7-8-13-19(21)18-25(2)3/h10-11,14,16,19,21H,4-9,12-13,15,17-18H2,1-3H3,(H,24,26)/p+1/t19-,21-/m1/s1. The summed E-state index contributed by atoms with van der Waals surface area (Å²) in [6.45, 7) is 3.87. The fraction of sp³-hybridized carbons (Fsp3) is 0.696. The SMILES string of the molecule is CCCCCCOc1ccccc1[NH+]=C(O)O[C@@H]1CCCCC[C@@H]1CN(C)C. The number of hydrogen-bond acceptors (Lipinski definition) is 3. The number of hydrogen-bond donors (Lipinski definition) is 2. The maximum Gasteiger partial charge on any atom is 0.551 e. The summed E-state index contributed by atoms with van der Waals surface area (Å²) >= 11 is 0. The Balaban J connectivity index is 1.99. The molecule has 1 aromatic carbocycles. The lowest BCUT2D eigenvalue weighted by atomic mass is 9.97. The predicted octanol–water partition coefficient (Wildman–Crippen LogP) is 3.80. The molecule has 0 amide bonds. The van der Waals surface area contributed by atoms with Gasteiger partial charge in [-0.1, -0.05) is 51.2 Å². The molecule has 0 aromatic heterocycles. The third-order valence-electron chi connectivity index (χ3n) is 5.34. The van der Waals surface area contributed by atoms with Crippen molar-refractivity contribution in [1.29, 1.82) is 0 Å². The van der Waals surface area contributed by atoms with Gasteiger partial charge in [-0.2, -0.15) is 0 Å². The molecule has 1 aliphatic carbocycles. The number of aliphatic hydroxyl groups is 1. The van der Waals surface area contributed by atoms with Gasteiger partial charge in [0.05, 0.1) is 6.61 Å². The van der Waals surface area contributed by atoms with Crippen LogP contribution in [0.3, 0.4) is 0 Å². The quantitative estimate of drug-likeness (QED) is 0.276. The fourth-order valence-corrected chi connectivity index (χ4v) is 3.88. The van der Waals surface area contributed by atoms with E-state index < -0.39 is 0 Å². The number of para-hydroxylation sites is 2. The Kier molecular flexibility index (Phi) is 10.2. The van der Waals surface area contributed by atoms with E-state index >= 15 is 0 Å². The Morgan fingerprint density at radius 2 is 1.89 bits per heavy atom. The molecule has 0 saturated heterocycles. The zero-order valence-electron chi connectivity index (χ0n) is 18.0. The number of benzene rings is 1. The number of rotatable bonds is 10. The molecule has 1 fully saturated rings. The molecule has 0 unspecified atom stereocenters. The minimum absolute atomic E-state index is 0.0412. The third-order valence-corrected chi connectivity index (χ3v) is 5.34. The molecule has 1 aromatic rings.